The molecule has 0 aliphatic carbocycles. The van der Waals surface area contributed by atoms with Crippen molar-refractivity contribution in [1.29, 1.82) is 0 Å². The summed E-state index contributed by atoms with van der Waals surface area (Å²) in [7, 11) is 1.52. The predicted molar refractivity (Wildman–Crippen MR) is 72.8 cm³/mol. The molecule has 0 bridgehead atoms. The van der Waals surface area contributed by atoms with E-state index in [1.807, 2.05) is 13.8 Å². The topological polar surface area (TPSA) is 35.2 Å². The number of hydrogen-bond donors (Lipinski definition) is 1. The van der Waals surface area contributed by atoms with Gasteiger partial charge in [-0.15, -0.1) is 11.3 Å². The van der Waals surface area contributed by atoms with E-state index in [2.05, 4.69) is 6.07 Å². The zero-order valence-corrected chi connectivity index (χ0v) is 11.5. The predicted octanol–water partition coefficient (Wildman–Crippen LogP) is 3.56. The van der Waals surface area contributed by atoms with Crippen LogP contribution in [-0.4, -0.2) is 7.11 Å². The summed E-state index contributed by atoms with van der Waals surface area (Å²) in [4.78, 5) is 2.20. The molecule has 2 nitrogen and oxygen atoms in total. The number of thiophene rings is 1. The average Bonchev–Trinajstić information content (AvgIpc) is 2.67. The van der Waals surface area contributed by atoms with Crippen molar-refractivity contribution in [2.45, 2.75) is 19.9 Å². The SMILES string of the molecule is COc1ccc(C(N)c2sc(C)cc2C)c(F)c1. The van der Waals surface area contributed by atoms with Gasteiger partial charge >= 0.3 is 0 Å². The quantitative estimate of drug-likeness (QED) is 0.921. The maximum absolute atomic E-state index is 14.0. The lowest BCUT2D eigenvalue weighted by Crippen LogP contribution is -2.13. The second kappa shape index (κ2) is 5.08. The van der Waals surface area contributed by atoms with E-state index in [0.29, 0.717) is 11.3 Å². The van der Waals surface area contributed by atoms with Crippen LogP contribution in [0.25, 0.3) is 0 Å². The second-order valence-corrected chi connectivity index (χ2v) is 5.56. The molecule has 1 atom stereocenters. The van der Waals surface area contributed by atoms with Gasteiger partial charge in [-0.05, 0) is 31.5 Å². The van der Waals surface area contributed by atoms with Crippen LogP contribution in [0.5, 0.6) is 5.75 Å². The number of aryl methyl sites for hydroxylation is 2. The summed E-state index contributed by atoms with van der Waals surface area (Å²) >= 11 is 1.61. The van der Waals surface area contributed by atoms with Gasteiger partial charge in [-0.25, -0.2) is 4.39 Å². The fourth-order valence-corrected chi connectivity index (χ4v) is 3.05. The van der Waals surface area contributed by atoms with E-state index in [1.165, 1.54) is 18.1 Å². The summed E-state index contributed by atoms with van der Waals surface area (Å²) in [5, 5.41) is 0. The Labute approximate surface area is 110 Å². The standard InChI is InChI=1S/C14H16FNOS/c1-8-6-9(2)18-14(8)13(16)11-5-4-10(17-3)7-12(11)15/h4-7,13H,16H2,1-3H3. The van der Waals surface area contributed by atoms with Crippen LogP contribution in [0, 0.1) is 19.7 Å². The van der Waals surface area contributed by atoms with E-state index in [4.69, 9.17) is 10.5 Å². The zero-order chi connectivity index (χ0) is 13.3. The Bertz CT molecular complexity index is 565. The molecule has 2 N–H and O–H groups in total. The molecule has 0 aliphatic rings. The van der Waals surface area contributed by atoms with Gasteiger partial charge in [0.2, 0.25) is 0 Å². The van der Waals surface area contributed by atoms with Gasteiger partial charge in [-0.2, -0.15) is 0 Å². The molecule has 2 aromatic rings. The lowest BCUT2D eigenvalue weighted by molar-refractivity contribution is 0.410. The monoisotopic (exact) mass is 265 g/mol. The Morgan fingerprint density at radius 1 is 1.28 bits per heavy atom. The molecule has 1 aromatic carbocycles. The molecule has 0 saturated heterocycles. The molecule has 0 spiro atoms. The van der Waals surface area contributed by atoms with Gasteiger partial charge in [-0.1, -0.05) is 6.07 Å². The van der Waals surface area contributed by atoms with Crippen molar-refractivity contribution in [2.75, 3.05) is 7.11 Å². The van der Waals surface area contributed by atoms with E-state index in [1.54, 1.807) is 23.5 Å². The highest BCUT2D eigenvalue weighted by atomic mass is 32.1. The van der Waals surface area contributed by atoms with Gasteiger partial charge in [0.1, 0.15) is 11.6 Å². The maximum Gasteiger partial charge on any atom is 0.132 e. The van der Waals surface area contributed by atoms with Crippen molar-refractivity contribution >= 4 is 11.3 Å². The van der Waals surface area contributed by atoms with E-state index in [-0.39, 0.29) is 5.82 Å². The minimum absolute atomic E-state index is 0.327. The van der Waals surface area contributed by atoms with Crippen LogP contribution in [0.4, 0.5) is 4.39 Å². The number of rotatable bonds is 3. The highest BCUT2D eigenvalue weighted by molar-refractivity contribution is 7.12. The molecule has 1 unspecified atom stereocenters. The molecule has 0 radical (unpaired) electrons. The van der Waals surface area contributed by atoms with Crippen LogP contribution in [0.15, 0.2) is 24.3 Å². The summed E-state index contributed by atoms with van der Waals surface area (Å²) in [5.41, 5.74) is 7.76. The van der Waals surface area contributed by atoms with Crippen molar-refractivity contribution in [3.8, 4) is 5.75 Å². The van der Waals surface area contributed by atoms with E-state index in [9.17, 15) is 4.39 Å². The molecule has 0 amide bonds. The number of ether oxygens (including phenoxy) is 1. The van der Waals surface area contributed by atoms with Crippen LogP contribution < -0.4 is 10.5 Å². The fraction of sp³-hybridized carbons (Fsp3) is 0.286. The third kappa shape index (κ3) is 2.40. The normalized spacial score (nSPS) is 12.5. The van der Waals surface area contributed by atoms with Gasteiger partial charge < -0.3 is 10.5 Å². The Balaban J connectivity index is 2.39. The van der Waals surface area contributed by atoms with E-state index in [0.717, 1.165) is 10.4 Å². The second-order valence-electron chi connectivity index (χ2n) is 4.27. The van der Waals surface area contributed by atoms with Crippen molar-refractivity contribution in [3.05, 3.63) is 51.0 Å². The first-order valence-electron chi connectivity index (χ1n) is 5.69. The number of nitrogens with two attached hydrogens (primary N) is 1. The van der Waals surface area contributed by atoms with Crippen LogP contribution in [0.3, 0.4) is 0 Å². The lowest BCUT2D eigenvalue weighted by Gasteiger charge is -2.13. The molecular weight excluding hydrogens is 249 g/mol. The molecule has 96 valence electrons. The molecular formula is C14H16FNOS. The molecule has 4 heteroatoms. The van der Waals surface area contributed by atoms with Crippen LogP contribution >= 0.6 is 11.3 Å². The van der Waals surface area contributed by atoms with Crippen LogP contribution in [0.1, 0.15) is 26.9 Å². The summed E-state index contributed by atoms with van der Waals surface area (Å²) in [5.74, 6) is 0.176. The summed E-state index contributed by atoms with van der Waals surface area (Å²) < 4.78 is 18.9. The number of methoxy groups -OCH3 is 1. The number of benzene rings is 1. The largest absolute Gasteiger partial charge is 0.497 e. The highest BCUT2D eigenvalue weighted by Crippen LogP contribution is 2.32. The van der Waals surface area contributed by atoms with Crippen molar-refractivity contribution in [2.24, 2.45) is 5.73 Å². The summed E-state index contributed by atoms with van der Waals surface area (Å²) in [6.07, 6.45) is 0. The Hall–Kier alpha value is -1.39. The lowest BCUT2D eigenvalue weighted by atomic mass is 10.0. The molecule has 1 heterocycles. The average molecular weight is 265 g/mol. The van der Waals surface area contributed by atoms with Gasteiger partial charge in [0, 0.05) is 21.4 Å². The minimum Gasteiger partial charge on any atom is -0.497 e. The van der Waals surface area contributed by atoms with Crippen LogP contribution in [0.2, 0.25) is 0 Å². The molecule has 1 aromatic heterocycles. The van der Waals surface area contributed by atoms with Crippen molar-refractivity contribution in [3.63, 3.8) is 0 Å². The summed E-state index contributed by atoms with van der Waals surface area (Å²) in [6.45, 7) is 4.03. The Morgan fingerprint density at radius 2 is 2.00 bits per heavy atom. The molecule has 18 heavy (non-hydrogen) atoms. The minimum atomic E-state index is -0.422. The number of halogens is 1. The Morgan fingerprint density at radius 3 is 2.50 bits per heavy atom. The third-order valence-electron chi connectivity index (χ3n) is 2.90. The van der Waals surface area contributed by atoms with Gasteiger partial charge in [0.05, 0.1) is 13.2 Å². The first-order chi connectivity index (χ1) is 8.52. The number of hydrogen-bond acceptors (Lipinski definition) is 3. The van der Waals surface area contributed by atoms with Crippen molar-refractivity contribution in [1.82, 2.24) is 0 Å². The maximum atomic E-state index is 14.0. The summed E-state index contributed by atoms with van der Waals surface area (Å²) in [6, 6.07) is 6.43. The Kier molecular flexibility index (Phi) is 3.68. The first-order valence-corrected chi connectivity index (χ1v) is 6.50. The molecule has 0 aliphatic heterocycles. The van der Waals surface area contributed by atoms with E-state index >= 15 is 0 Å². The first kappa shape index (κ1) is 13.1. The van der Waals surface area contributed by atoms with Crippen LogP contribution in [-0.2, 0) is 0 Å². The van der Waals surface area contributed by atoms with Gasteiger partial charge in [-0.3, -0.25) is 0 Å². The van der Waals surface area contributed by atoms with E-state index < -0.39 is 6.04 Å². The highest BCUT2D eigenvalue weighted by Gasteiger charge is 2.18. The van der Waals surface area contributed by atoms with Crippen molar-refractivity contribution < 1.29 is 9.13 Å². The zero-order valence-electron chi connectivity index (χ0n) is 10.7. The molecule has 2 rings (SSSR count). The molecule has 0 fully saturated rings. The third-order valence-corrected chi connectivity index (χ3v) is 4.14. The van der Waals surface area contributed by atoms with Gasteiger partial charge in [0.15, 0.2) is 0 Å². The smallest absolute Gasteiger partial charge is 0.132 e. The van der Waals surface area contributed by atoms with Gasteiger partial charge in [0.25, 0.3) is 0 Å². The fourth-order valence-electron chi connectivity index (χ4n) is 2.00. The molecule has 0 saturated carbocycles.